The number of carbonyl (C=O) groups excluding carboxylic acids is 1. The van der Waals surface area contributed by atoms with Crippen LogP contribution in [0.2, 0.25) is 0 Å². The molecule has 0 aliphatic rings. The Balaban J connectivity index is 3.67. The van der Waals surface area contributed by atoms with Crippen LogP contribution in [0.4, 0.5) is 0 Å². The summed E-state index contributed by atoms with van der Waals surface area (Å²) in [7, 11) is 0. The fourth-order valence-electron chi connectivity index (χ4n) is 0.826. The highest BCUT2D eigenvalue weighted by Gasteiger charge is 2.15. The molecule has 0 saturated heterocycles. The van der Waals surface area contributed by atoms with E-state index in [1.54, 1.807) is 0 Å². The van der Waals surface area contributed by atoms with Crippen LogP contribution in [0.5, 0.6) is 0 Å². The number of aliphatic hydroxyl groups is 1. The Morgan fingerprint density at radius 1 is 1.67 bits per heavy atom. The molecule has 0 amide bonds. The molecule has 4 heteroatoms. The zero-order valence-corrected chi connectivity index (χ0v) is 7.62. The highest BCUT2D eigenvalue weighted by atomic mass is 16.5. The van der Waals surface area contributed by atoms with Crippen molar-refractivity contribution in [1.29, 1.82) is 0 Å². The Kier molecular flexibility index (Phi) is 5.66. The molecule has 4 nitrogen and oxygen atoms in total. The summed E-state index contributed by atoms with van der Waals surface area (Å²) in [5.74, 6) is -0.529. The van der Waals surface area contributed by atoms with Crippen molar-refractivity contribution in [2.45, 2.75) is 38.8 Å². The summed E-state index contributed by atoms with van der Waals surface area (Å²) in [5.41, 5.74) is 5.24. The average Bonchev–Trinajstić information content (AvgIpc) is 2.03. The van der Waals surface area contributed by atoms with Crippen molar-refractivity contribution in [1.82, 2.24) is 0 Å². The second-order valence-electron chi connectivity index (χ2n) is 2.83. The molecule has 0 fully saturated rings. The van der Waals surface area contributed by atoms with Gasteiger partial charge in [-0.3, -0.25) is 4.79 Å². The van der Waals surface area contributed by atoms with E-state index >= 15 is 0 Å². The topological polar surface area (TPSA) is 72.5 Å². The number of esters is 1. The largest absolute Gasteiger partial charge is 0.461 e. The van der Waals surface area contributed by atoms with E-state index in [4.69, 9.17) is 15.6 Å². The second kappa shape index (κ2) is 5.97. The molecular weight excluding hydrogens is 158 g/mol. The molecule has 0 saturated carbocycles. The third-order valence-corrected chi connectivity index (χ3v) is 1.51. The molecular formula is C8H17NO3. The van der Waals surface area contributed by atoms with Gasteiger partial charge in [-0.25, -0.2) is 0 Å². The molecule has 0 spiro atoms. The highest BCUT2D eigenvalue weighted by Crippen LogP contribution is 2.01. The number of rotatable bonds is 5. The van der Waals surface area contributed by atoms with Crippen molar-refractivity contribution < 1.29 is 14.6 Å². The lowest BCUT2D eigenvalue weighted by molar-refractivity contribution is -0.151. The molecule has 0 aromatic heterocycles. The highest BCUT2D eigenvalue weighted by molar-refractivity contribution is 5.75. The van der Waals surface area contributed by atoms with Crippen LogP contribution in [0.1, 0.15) is 26.7 Å². The minimum atomic E-state index is -0.899. The molecule has 0 aromatic carbocycles. The quantitative estimate of drug-likeness (QED) is 0.578. The summed E-state index contributed by atoms with van der Waals surface area (Å²) < 4.78 is 4.92. The first-order chi connectivity index (χ1) is 5.61. The zero-order valence-electron chi connectivity index (χ0n) is 7.62. The maximum atomic E-state index is 11.0. The number of hydrogen-bond acceptors (Lipinski definition) is 4. The van der Waals surface area contributed by atoms with E-state index in [1.807, 2.05) is 13.8 Å². The predicted octanol–water partition coefficient (Wildman–Crippen LogP) is 0.0378. The summed E-state index contributed by atoms with van der Waals surface area (Å²) in [6, 6.07) is -0.899. The van der Waals surface area contributed by atoms with E-state index in [9.17, 15) is 4.79 Å². The Morgan fingerprint density at radius 2 is 2.25 bits per heavy atom. The molecule has 0 radical (unpaired) electrons. The fraction of sp³-hybridized carbons (Fsp3) is 0.875. The molecule has 3 N–H and O–H groups in total. The van der Waals surface area contributed by atoms with Crippen molar-refractivity contribution in [3.05, 3.63) is 0 Å². The van der Waals surface area contributed by atoms with E-state index in [2.05, 4.69) is 0 Å². The summed E-state index contributed by atoms with van der Waals surface area (Å²) in [4.78, 5) is 11.0. The van der Waals surface area contributed by atoms with Crippen molar-refractivity contribution in [3.8, 4) is 0 Å². The van der Waals surface area contributed by atoms with Gasteiger partial charge in [-0.15, -0.1) is 0 Å². The molecule has 2 unspecified atom stereocenters. The van der Waals surface area contributed by atoms with E-state index in [0.29, 0.717) is 0 Å². The van der Waals surface area contributed by atoms with E-state index < -0.39 is 12.0 Å². The summed E-state index contributed by atoms with van der Waals surface area (Å²) in [5, 5.41) is 8.52. The summed E-state index contributed by atoms with van der Waals surface area (Å²) in [6.07, 6.45) is 1.67. The third kappa shape index (κ3) is 4.31. The Labute approximate surface area is 72.7 Å². The van der Waals surface area contributed by atoms with Gasteiger partial charge >= 0.3 is 5.97 Å². The van der Waals surface area contributed by atoms with Crippen LogP contribution in [-0.2, 0) is 9.53 Å². The van der Waals surface area contributed by atoms with Gasteiger partial charge in [0.15, 0.2) is 0 Å². The molecule has 0 aliphatic carbocycles. The third-order valence-electron chi connectivity index (χ3n) is 1.51. The first kappa shape index (κ1) is 11.4. The first-order valence-corrected chi connectivity index (χ1v) is 4.18. The number of hydrogen-bond donors (Lipinski definition) is 2. The molecule has 0 bridgehead atoms. The predicted molar refractivity (Wildman–Crippen MR) is 45.5 cm³/mol. The molecule has 0 aliphatic heterocycles. The van der Waals surface area contributed by atoms with Gasteiger partial charge in [-0.1, -0.05) is 13.3 Å². The SMILES string of the molecule is CCCC(C)OC(=O)C(N)CO. The monoisotopic (exact) mass is 175 g/mol. The summed E-state index contributed by atoms with van der Waals surface area (Å²) >= 11 is 0. The smallest absolute Gasteiger partial charge is 0.325 e. The number of carbonyl (C=O) groups is 1. The Bertz CT molecular complexity index is 138. The van der Waals surface area contributed by atoms with Crippen LogP contribution in [0.3, 0.4) is 0 Å². The first-order valence-electron chi connectivity index (χ1n) is 4.18. The lowest BCUT2D eigenvalue weighted by atomic mass is 10.2. The van der Waals surface area contributed by atoms with Crippen molar-refractivity contribution in [2.24, 2.45) is 5.73 Å². The van der Waals surface area contributed by atoms with Gasteiger partial charge in [-0.2, -0.15) is 0 Å². The van der Waals surface area contributed by atoms with Crippen molar-refractivity contribution in [2.75, 3.05) is 6.61 Å². The Hall–Kier alpha value is -0.610. The fourth-order valence-corrected chi connectivity index (χ4v) is 0.826. The maximum Gasteiger partial charge on any atom is 0.325 e. The van der Waals surface area contributed by atoms with Gasteiger partial charge in [0.1, 0.15) is 6.04 Å². The van der Waals surface area contributed by atoms with Crippen LogP contribution >= 0.6 is 0 Å². The standard InChI is InChI=1S/C8H17NO3/c1-3-4-6(2)12-8(11)7(9)5-10/h6-7,10H,3-5,9H2,1-2H3. The lowest BCUT2D eigenvalue weighted by Gasteiger charge is -2.14. The van der Waals surface area contributed by atoms with Crippen LogP contribution < -0.4 is 5.73 Å². The van der Waals surface area contributed by atoms with Crippen LogP contribution in [0.25, 0.3) is 0 Å². The average molecular weight is 175 g/mol. The van der Waals surface area contributed by atoms with Gasteiger partial charge in [-0.05, 0) is 13.3 Å². The number of aliphatic hydroxyl groups excluding tert-OH is 1. The molecule has 0 heterocycles. The van der Waals surface area contributed by atoms with Gasteiger partial charge in [0.25, 0.3) is 0 Å². The van der Waals surface area contributed by atoms with Crippen molar-refractivity contribution in [3.63, 3.8) is 0 Å². The molecule has 0 rings (SSSR count). The van der Waals surface area contributed by atoms with Gasteiger partial charge in [0, 0.05) is 0 Å². The van der Waals surface area contributed by atoms with E-state index in [1.165, 1.54) is 0 Å². The normalized spacial score (nSPS) is 15.3. The van der Waals surface area contributed by atoms with Gasteiger partial charge in [0.2, 0.25) is 0 Å². The van der Waals surface area contributed by atoms with Crippen LogP contribution in [0, 0.1) is 0 Å². The lowest BCUT2D eigenvalue weighted by Crippen LogP contribution is -2.37. The van der Waals surface area contributed by atoms with E-state index in [0.717, 1.165) is 12.8 Å². The molecule has 0 aromatic rings. The zero-order chi connectivity index (χ0) is 9.56. The van der Waals surface area contributed by atoms with E-state index in [-0.39, 0.29) is 12.7 Å². The summed E-state index contributed by atoms with van der Waals surface area (Å²) in [6.45, 7) is 3.46. The molecule has 72 valence electrons. The van der Waals surface area contributed by atoms with Crippen molar-refractivity contribution >= 4 is 5.97 Å². The van der Waals surface area contributed by atoms with Gasteiger partial charge < -0.3 is 15.6 Å². The second-order valence-corrected chi connectivity index (χ2v) is 2.83. The number of ether oxygens (including phenoxy) is 1. The Morgan fingerprint density at radius 3 is 2.67 bits per heavy atom. The molecule has 2 atom stereocenters. The number of nitrogens with two attached hydrogens (primary N) is 1. The van der Waals surface area contributed by atoms with Gasteiger partial charge in [0.05, 0.1) is 12.7 Å². The molecule has 12 heavy (non-hydrogen) atoms. The maximum absolute atomic E-state index is 11.0. The minimum Gasteiger partial charge on any atom is -0.461 e. The van der Waals surface area contributed by atoms with Crippen LogP contribution in [-0.4, -0.2) is 29.8 Å². The van der Waals surface area contributed by atoms with Crippen LogP contribution in [0.15, 0.2) is 0 Å². The minimum absolute atomic E-state index is 0.111.